The molecule has 0 bridgehead atoms. The molecule has 0 N–H and O–H groups in total. The van der Waals surface area contributed by atoms with Gasteiger partial charge in [-0.05, 0) is 49.1 Å². The maximum atomic E-state index is 5.99. The van der Waals surface area contributed by atoms with Gasteiger partial charge in [0.25, 0.3) is 0 Å². The van der Waals surface area contributed by atoms with Crippen molar-refractivity contribution in [2.45, 2.75) is 33.8 Å². The van der Waals surface area contributed by atoms with Crippen molar-refractivity contribution in [3.63, 3.8) is 0 Å². The standard InChI is InChI=1S/C19H22O3S/c1-5-15-10-14(3)18(11-13(15)2)21-12-16-8-6-7-9-17(16)22-19(23)20-4/h6-11H,5,12H2,1-4H3. The van der Waals surface area contributed by atoms with Crippen LogP contribution in [0.5, 0.6) is 11.5 Å². The van der Waals surface area contributed by atoms with Gasteiger partial charge in [-0.25, -0.2) is 0 Å². The van der Waals surface area contributed by atoms with E-state index in [9.17, 15) is 0 Å². The Bertz CT molecular complexity index is 695. The summed E-state index contributed by atoms with van der Waals surface area (Å²) in [6.45, 7) is 6.75. The fourth-order valence-corrected chi connectivity index (χ4v) is 2.49. The number of thiocarbonyl (C=S) groups is 1. The van der Waals surface area contributed by atoms with Gasteiger partial charge in [0, 0.05) is 17.8 Å². The predicted octanol–water partition coefficient (Wildman–Crippen LogP) is 4.75. The molecule has 23 heavy (non-hydrogen) atoms. The van der Waals surface area contributed by atoms with E-state index in [-0.39, 0.29) is 5.24 Å². The second-order valence-electron chi connectivity index (χ2n) is 5.35. The molecule has 0 aliphatic heterocycles. The molecule has 0 atom stereocenters. The molecule has 0 aliphatic carbocycles. The first-order valence-electron chi connectivity index (χ1n) is 7.61. The van der Waals surface area contributed by atoms with Crippen molar-refractivity contribution in [3.8, 4) is 11.5 Å². The minimum atomic E-state index is 0.0942. The molecule has 0 unspecified atom stereocenters. The van der Waals surface area contributed by atoms with Crippen LogP contribution in [0.2, 0.25) is 0 Å². The highest BCUT2D eigenvalue weighted by molar-refractivity contribution is 7.79. The zero-order chi connectivity index (χ0) is 16.8. The fraction of sp³-hybridized carbons (Fsp3) is 0.316. The molecule has 0 saturated heterocycles. The van der Waals surface area contributed by atoms with Gasteiger partial charge in [0.1, 0.15) is 18.1 Å². The Labute approximate surface area is 143 Å². The minimum absolute atomic E-state index is 0.0942. The van der Waals surface area contributed by atoms with Crippen LogP contribution in [0.1, 0.15) is 29.2 Å². The van der Waals surface area contributed by atoms with Crippen molar-refractivity contribution in [3.05, 3.63) is 58.7 Å². The van der Waals surface area contributed by atoms with Gasteiger partial charge < -0.3 is 14.2 Å². The molecule has 2 aromatic rings. The van der Waals surface area contributed by atoms with Crippen molar-refractivity contribution in [1.29, 1.82) is 0 Å². The molecule has 0 heterocycles. The van der Waals surface area contributed by atoms with E-state index in [2.05, 4.69) is 32.9 Å². The van der Waals surface area contributed by atoms with E-state index in [0.717, 1.165) is 23.3 Å². The molecular weight excluding hydrogens is 308 g/mol. The first-order chi connectivity index (χ1) is 11.0. The molecule has 2 aromatic carbocycles. The number of ether oxygens (including phenoxy) is 3. The van der Waals surface area contributed by atoms with Gasteiger partial charge in [-0.1, -0.05) is 31.2 Å². The van der Waals surface area contributed by atoms with Gasteiger partial charge in [0.15, 0.2) is 0 Å². The van der Waals surface area contributed by atoms with Crippen molar-refractivity contribution in [1.82, 2.24) is 0 Å². The van der Waals surface area contributed by atoms with Crippen LogP contribution in [-0.2, 0) is 17.8 Å². The van der Waals surface area contributed by atoms with Crippen LogP contribution < -0.4 is 9.47 Å². The van der Waals surface area contributed by atoms with E-state index in [4.69, 9.17) is 26.4 Å². The van der Waals surface area contributed by atoms with Crippen LogP contribution in [0.25, 0.3) is 0 Å². The lowest BCUT2D eigenvalue weighted by molar-refractivity contribution is 0.288. The maximum Gasteiger partial charge on any atom is 0.357 e. The highest BCUT2D eigenvalue weighted by Gasteiger charge is 2.09. The molecule has 122 valence electrons. The van der Waals surface area contributed by atoms with Gasteiger partial charge in [-0.15, -0.1) is 0 Å². The van der Waals surface area contributed by atoms with Crippen LogP contribution in [0, 0.1) is 13.8 Å². The van der Waals surface area contributed by atoms with E-state index < -0.39 is 0 Å². The summed E-state index contributed by atoms with van der Waals surface area (Å²) in [5.74, 6) is 1.54. The third-order valence-electron chi connectivity index (χ3n) is 3.73. The number of methoxy groups -OCH3 is 1. The molecule has 2 rings (SSSR count). The smallest absolute Gasteiger partial charge is 0.357 e. The largest absolute Gasteiger partial charge is 0.488 e. The molecule has 3 nitrogen and oxygen atoms in total. The zero-order valence-electron chi connectivity index (χ0n) is 14.0. The Morgan fingerprint density at radius 3 is 2.43 bits per heavy atom. The van der Waals surface area contributed by atoms with Gasteiger partial charge in [0.2, 0.25) is 0 Å². The van der Waals surface area contributed by atoms with E-state index >= 15 is 0 Å². The zero-order valence-corrected chi connectivity index (χ0v) is 14.8. The summed E-state index contributed by atoms with van der Waals surface area (Å²) < 4.78 is 16.4. The van der Waals surface area contributed by atoms with Crippen LogP contribution in [-0.4, -0.2) is 12.3 Å². The van der Waals surface area contributed by atoms with Crippen molar-refractivity contribution >= 4 is 17.5 Å². The summed E-state index contributed by atoms with van der Waals surface area (Å²) in [6.07, 6.45) is 1.03. The maximum absolute atomic E-state index is 5.99. The Hall–Kier alpha value is -2.07. The molecule has 0 aromatic heterocycles. The van der Waals surface area contributed by atoms with E-state index in [0.29, 0.717) is 12.4 Å². The lowest BCUT2D eigenvalue weighted by Gasteiger charge is -2.15. The van der Waals surface area contributed by atoms with E-state index in [1.807, 2.05) is 24.3 Å². The van der Waals surface area contributed by atoms with Gasteiger partial charge in [-0.2, -0.15) is 0 Å². The minimum Gasteiger partial charge on any atom is -0.488 e. The number of benzene rings is 2. The first-order valence-corrected chi connectivity index (χ1v) is 8.02. The molecule has 4 heteroatoms. The summed E-state index contributed by atoms with van der Waals surface area (Å²) in [5, 5.41) is 0.0942. The molecular formula is C19H22O3S. The van der Waals surface area contributed by atoms with E-state index in [1.165, 1.54) is 18.2 Å². The highest BCUT2D eigenvalue weighted by Crippen LogP contribution is 2.26. The molecule has 0 aliphatic rings. The summed E-state index contributed by atoms with van der Waals surface area (Å²) in [5.41, 5.74) is 4.66. The SMILES string of the molecule is CCc1cc(C)c(OCc2ccccc2OC(=S)OC)cc1C. The van der Waals surface area contributed by atoms with Gasteiger partial charge in [0.05, 0.1) is 7.11 Å². The number of para-hydroxylation sites is 1. The van der Waals surface area contributed by atoms with Crippen molar-refractivity contribution in [2.75, 3.05) is 7.11 Å². The number of aryl methyl sites for hydroxylation is 3. The van der Waals surface area contributed by atoms with Crippen LogP contribution in [0.4, 0.5) is 0 Å². The van der Waals surface area contributed by atoms with Gasteiger partial charge in [-0.3, -0.25) is 0 Å². The molecule has 0 radical (unpaired) electrons. The lowest BCUT2D eigenvalue weighted by atomic mass is 10.0. The average molecular weight is 330 g/mol. The molecule has 0 spiro atoms. The first kappa shape index (κ1) is 17.3. The summed E-state index contributed by atoms with van der Waals surface area (Å²) in [7, 11) is 1.49. The van der Waals surface area contributed by atoms with Crippen LogP contribution >= 0.6 is 12.2 Å². The van der Waals surface area contributed by atoms with Crippen molar-refractivity contribution < 1.29 is 14.2 Å². The average Bonchev–Trinajstić information content (AvgIpc) is 2.56. The number of hydrogen-bond acceptors (Lipinski definition) is 4. The molecule has 0 amide bonds. The van der Waals surface area contributed by atoms with Gasteiger partial charge >= 0.3 is 5.24 Å². The summed E-state index contributed by atoms with van der Waals surface area (Å²) >= 11 is 4.95. The Morgan fingerprint density at radius 1 is 1.00 bits per heavy atom. The fourth-order valence-electron chi connectivity index (χ4n) is 2.40. The predicted molar refractivity (Wildman–Crippen MR) is 96.3 cm³/mol. The third-order valence-corrected chi connectivity index (χ3v) is 3.98. The summed E-state index contributed by atoms with van der Waals surface area (Å²) in [4.78, 5) is 0. The van der Waals surface area contributed by atoms with Crippen molar-refractivity contribution in [2.24, 2.45) is 0 Å². The lowest BCUT2D eigenvalue weighted by Crippen LogP contribution is -2.09. The Kier molecular flexibility index (Phi) is 5.99. The second-order valence-corrected chi connectivity index (χ2v) is 5.68. The third kappa shape index (κ3) is 4.45. The highest BCUT2D eigenvalue weighted by atomic mass is 32.1. The number of rotatable bonds is 5. The van der Waals surface area contributed by atoms with Crippen LogP contribution in [0.15, 0.2) is 36.4 Å². The Balaban J connectivity index is 2.15. The monoisotopic (exact) mass is 330 g/mol. The Morgan fingerprint density at radius 2 is 1.74 bits per heavy atom. The quantitative estimate of drug-likeness (QED) is 0.739. The normalized spacial score (nSPS) is 10.3. The topological polar surface area (TPSA) is 27.7 Å². The second kappa shape index (κ2) is 7.97. The summed E-state index contributed by atoms with van der Waals surface area (Å²) in [6, 6.07) is 11.9. The van der Waals surface area contributed by atoms with Crippen LogP contribution in [0.3, 0.4) is 0 Å². The molecule has 0 saturated carbocycles. The number of hydrogen-bond donors (Lipinski definition) is 0. The molecule has 0 fully saturated rings. The van der Waals surface area contributed by atoms with E-state index in [1.54, 1.807) is 0 Å².